The molecule has 1 aliphatic heterocycles. The predicted octanol–water partition coefficient (Wildman–Crippen LogP) is 3.36. The fourth-order valence-electron chi connectivity index (χ4n) is 2.36. The van der Waals surface area contributed by atoms with Crippen LogP contribution in [0.25, 0.3) is 11.1 Å². The first kappa shape index (κ1) is 13.8. The molecule has 3 rings (SSSR count). The van der Waals surface area contributed by atoms with Gasteiger partial charge >= 0.3 is 0 Å². The Morgan fingerprint density at radius 2 is 1.76 bits per heavy atom. The molecule has 108 valence electrons. The van der Waals surface area contributed by atoms with Crippen LogP contribution < -0.4 is 5.32 Å². The van der Waals surface area contributed by atoms with E-state index in [4.69, 9.17) is 9.47 Å². The zero-order valence-corrected chi connectivity index (χ0v) is 11.8. The van der Waals surface area contributed by atoms with Crippen LogP contribution >= 0.6 is 0 Å². The third-order valence-electron chi connectivity index (χ3n) is 3.32. The van der Waals surface area contributed by atoms with Crippen molar-refractivity contribution in [3.63, 3.8) is 0 Å². The second-order valence-corrected chi connectivity index (χ2v) is 4.96. The van der Waals surface area contributed by atoms with Gasteiger partial charge in [-0.3, -0.25) is 4.79 Å². The lowest BCUT2D eigenvalue weighted by Gasteiger charge is -2.10. The maximum absolute atomic E-state index is 11.1. The van der Waals surface area contributed by atoms with Crippen LogP contribution in [0.3, 0.4) is 0 Å². The van der Waals surface area contributed by atoms with Crippen molar-refractivity contribution in [1.29, 1.82) is 0 Å². The highest BCUT2D eigenvalue weighted by molar-refractivity contribution is 5.89. The molecule has 0 aliphatic carbocycles. The molecule has 4 heteroatoms. The highest BCUT2D eigenvalue weighted by atomic mass is 16.7. The van der Waals surface area contributed by atoms with E-state index in [0.717, 1.165) is 22.4 Å². The summed E-state index contributed by atoms with van der Waals surface area (Å²) in [5, 5.41) is 2.79. The minimum absolute atomic E-state index is 0.0713. The number of hydrogen-bond donors (Lipinski definition) is 1. The molecule has 1 saturated heterocycles. The summed E-state index contributed by atoms with van der Waals surface area (Å²) in [7, 11) is 0. The van der Waals surface area contributed by atoms with Gasteiger partial charge in [0.05, 0.1) is 13.2 Å². The molecule has 1 N–H and O–H groups in total. The number of hydrogen-bond acceptors (Lipinski definition) is 3. The van der Waals surface area contributed by atoms with E-state index in [1.807, 2.05) is 48.5 Å². The summed E-state index contributed by atoms with van der Waals surface area (Å²) in [6.45, 7) is 2.79. The maximum Gasteiger partial charge on any atom is 0.221 e. The molecule has 1 aliphatic rings. The highest BCUT2D eigenvalue weighted by Gasteiger charge is 2.17. The standard InChI is InChI=1S/C17H17NO3/c1-12(19)18-16-4-2-3-15(11-16)13-5-7-14(8-6-13)17-20-9-10-21-17/h2-8,11,17H,9-10H2,1H3,(H,18,19). The predicted molar refractivity (Wildman–Crippen MR) is 80.8 cm³/mol. The summed E-state index contributed by atoms with van der Waals surface area (Å²) in [4.78, 5) is 11.1. The molecule has 0 atom stereocenters. The van der Waals surface area contributed by atoms with Gasteiger partial charge in [0, 0.05) is 18.2 Å². The van der Waals surface area contributed by atoms with Crippen molar-refractivity contribution in [2.75, 3.05) is 18.5 Å². The summed E-state index contributed by atoms with van der Waals surface area (Å²) < 4.78 is 11.0. The van der Waals surface area contributed by atoms with Crippen LogP contribution in [-0.2, 0) is 14.3 Å². The van der Waals surface area contributed by atoms with E-state index in [-0.39, 0.29) is 12.2 Å². The van der Waals surface area contributed by atoms with Crippen molar-refractivity contribution >= 4 is 11.6 Å². The van der Waals surface area contributed by atoms with Gasteiger partial charge < -0.3 is 14.8 Å². The molecule has 1 heterocycles. The summed E-state index contributed by atoms with van der Waals surface area (Å²) >= 11 is 0. The third-order valence-corrected chi connectivity index (χ3v) is 3.32. The Kier molecular flexibility index (Phi) is 3.99. The van der Waals surface area contributed by atoms with E-state index in [1.54, 1.807) is 0 Å². The normalized spacial score (nSPS) is 15.1. The van der Waals surface area contributed by atoms with Gasteiger partial charge in [-0.2, -0.15) is 0 Å². The van der Waals surface area contributed by atoms with E-state index in [1.165, 1.54) is 6.92 Å². The van der Waals surface area contributed by atoms with E-state index in [2.05, 4.69) is 5.32 Å². The Hall–Kier alpha value is -2.17. The van der Waals surface area contributed by atoms with Crippen molar-refractivity contribution in [3.8, 4) is 11.1 Å². The number of amides is 1. The number of ether oxygens (including phenoxy) is 2. The summed E-state index contributed by atoms with van der Waals surface area (Å²) in [6, 6.07) is 15.9. The molecule has 0 spiro atoms. The fourth-order valence-corrected chi connectivity index (χ4v) is 2.36. The van der Waals surface area contributed by atoms with Gasteiger partial charge in [0.25, 0.3) is 0 Å². The van der Waals surface area contributed by atoms with Crippen LogP contribution in [0.15, 0.2) is 48.5 Å². The lowest BCUT2D eigenvalue weighted by Crippen LogP contribution is -2.05. The molecule has 0 bridgehead atoms. The molecular formula is C17H17NO3. The number of benzene rings is 2. The van der Waals surface area contributed by atoms with E-state index in [0.29, 0.717) is 13.2 Å². The molecule has 0 radical (unpaired) electrons. The minimum Gasteiger partial charge on any atom is -0.346 e. The molecule has 2 aromatic rings. The molecule has 4 nitrogen and oxygen atoms in total. The average Bonchev–Trinajstić information content (AvgIpc) is 3.01. The first-order valence-electron chi connectivity index (χ1n) is 6.93. The van der Waals surface area contributed by atoms with Crippen LogP contribution in [0.4, 0.5) is 5.69 Å². The molecule has 0 saturated carbocycles. The van der Waals surface area contributed by atoms with Crippen molar-refractivity contribution < 1.29 is 14.3 Å². The Bertz CT molecular complexity index is 631. The van der Waals surface area contributed by atoms with Crippen LogP contribution in [0.5, 0.6) is 0 Å². The lowest BCUT2D eigenvalue weighted by atomic mass is 10.0. The van der Waals surface area contributed by atoms with Crippen molar-refractivity contribution in [2.45, 2.75) is 13.2 Å². The largest absolute Gasteiger partial charge is 0.346 e. The lowest BCUT2D eigenvalue weighted by molar-refractivity contribution is -0.114. The number of rotatable bonds is 3. The molecule has 0 unspecified atom stereocenters. The van der Waals surface area contributed by atoms with Crippen LogP contribution in [0.1, 0.15) is 18.8 Å². The minimum atomic E-state index is -0.246. The van der Waals surface area contributed by atoms with Gasteiger partial charge in [0.2, 0.25) is 5.91 Å². The van der Waals surface area contributed by atoms with Crippen LogP contribution in [-0.4, -0.2) is 19.1 Å². The smallest absolute Gasteiger partial charge is 0.221 e. The monoisotopic (exact) mass is 283 g/mol. The van der Waals surface area contributed by atoms with Gasteiger partial charge in [-0.05, 0) is 23.3 Å². The quantitative estimate of drug-likeness (QED) is 0.939. The molecule has 1 amide bonds. The first-order valence-corrected chi connectivity index (χ1v) is 6.93. The van der Waals surface area contributed by atoms with Gasteiger partial charge in [0.1, 0.15) is 0 Å². The Labute approximate surface area is 123 Å². The Morgan fingerprint density at radius 3 is 2.43 bits per heavy atom. The zero-order chi connectivity index (χ0) is 14.7. The zero-order valence-electron chi connectivity index (χ0n) is 11.8. The first-order chi connectivity index (χ1) is 10.2. The molecule has 2 aromatic carbocycles. The molecule has 21 heavy (non-hydrogen) atoms. The van der Waals surface area contributed by atoms with Gasteiger partial charge in [0.15, 0.2) is 6.29 Å². The third kappa shape index (κ3) is 3.29. The van der Waals surface area contributed by atoms with E-state index < -0.39 is 0 Å². The molecule has 0 aromatic heterocycles. The van der Waals surface area contributed by atoms with Crippen LogP contribution in [0, 0.1) is 0 Å². The highest BCUT2D eigenvalue weighted by Crippen LogP contribution is 2.27. The van der Waals surface area contributed by atoms with Crippen molar-refractivity contribution in [1.82, 2.24) is 0 Å². The SMILES string of the molecule is CC(=O)Nc1cccc(-c2ccc(C3OCCO3)cc2)c1. The maximum atomic E-state index is 11.1. The van der Waals surface area contributed by atoms with Gasteiger partial charge in [-0.1, -0.05) is 36.4 Å². The van der Waals surface area contributed by atoms with E-state index >= 15 is 0 Å². The molecular weight excluding hydrogens is 266 g/mol. The second kappa shape index (κ2) is 6.08. The number of carbonyl (C=O) groups is 1. The van der Waals surface area contributed by atoms with E-state index in [9.17, 15) is 4.79 Å². The second-order valence-electron chi connectivity index (χ2n) is 4.96. The summed E-state index contributed by atoms with van der Waals surface area (Å²) in [6.07, 6.45) is -0.246. The summed E-state index contributed by atoms with van der Waals surface area (Å²) in [5.41, 5.74) is 3.96. The summed E-state index contributed by atoms with van der Waals surface area (Å²) in [5.74, 6) is -0.0713. The topological polar surface area (TPSA) is 47.6 Å². The average molecular weight is 283 g/mol. The van der Waals surface area contributed by atoms with Gasteiger partial charge in [-0.25, -0.2) is 0 Å². The Morgan fingerprint density at radius 1 is 1.05 bits per heavy atom. The molecule has 1 fully saturated rings. The van der Waals surface area contributed by atoms with Gasteiger partial charge in [-0.15, -0.1) is 0 Å². The van der Waals surface area contributed by atoms with Crippen molar-refractivity contribution in [2.24, 2.45) is 0 Å². The number of nitrogens with one attached hydrogen (secondary N) is 1. The van der Waals surface area contributed by atoms with Crippen LogP contribution in [0.2, 0.25) is 0 Å². The number of carbonyl (C=O) groups excluding carboxylic acids is 1. The fraction of sp³-hybridized carbons (Fsp3) is 0.235. The van der Waals surface area contributed by atoms with Crippen molar-refractivity contribution in [3.05, 3.63) is 54.1 Å². The Balaban J connectivity index is 1.81. The number of anilines is 1.